The van der Waals surface area contributed by atoms with Crippen molar-refractivity contribution in [3.8, 4) is 0 Å². The van der Waals surface area contributed by atoms with E-state index >= 15 is 0 Å². The second-order valence-electron chi connectivity index (χ2n) is 3.98. The summed E-state index contributed by atoms with van der Waals surface area (Å²) < 4.78 is 144. The standard InChI is InChI=1S/C10F11N/c11-1-2(12)6-3(13)4(14)7(16)9(18,10(19,20)21)22(6)8(17)5(1)15. The molecule has 0 saturated heterocycles. The molecule has 0 aliphatic carbocycles. The molecular weight excluding hydrogens is 343 g/mol. The maximum atomic E-state index is 13.9. The van der Waals surface area contributed by atoms with Gasteiger partial charge in [0.2, 0.25) is 23.4 Å². The molecule has 0 aromatic carbocycles. The Labute approximate surface area is 113 Å². The molecule has 22 heavy (non-hydrogen) atoms. The summed E-state index contributed by atoms with van der Waals surface area (Å²) in [4.78, 5) is -1.81. The zero-order valence-electron chi connectivity index (χ0n) is 9.60. The Bertz CT molecular complexity index is 679. The molecule has 0 fully saturated rings. The fourth-order valence-corrected chi connectivity index (χ4v) is 1.76. The molecule has 0 amide bonds. The summed E-state index contributed by atoms with van der Waals surface area (Å²) in [7, 11) is 0. The van der Waals surface area contributed by atoms with Crippen molar-refractivity contribution >= 4 is 0 Å². The summed E-state index contributed by atoms with van der Waals surface area (Å²) in [5.41, 5.74) is -2.60. The summed E-state index contributed by atoms with van der Waals surface area (Å²) in [5, 5.41) is 0. The molecule has 0 N–H and O–H groups in total. The largest absolute Gasteiger partial charge is 0.449 e. The third kappa shape index (κ3) is 1.72. The third-order valence-electron chi connectivity index (χ3n) is 2.76. The maximum Gasteiger partial charge on any atom is 0.449 e. The van der Waals surface area contributed by atoms with Crippen LogP contribution in [0, 0.1) is 0 Å². The number of allylic oxidation sites excluding steroid dienone is 5. The zero-order chi connectivity index (χ0) is 17.2. The molecule has 1 unspecified atom stereocenters. The van der Waals surface area contributed by atoms with Crippen molar-refractivity contribution in [1.29, 1.82) is 0 Å². The molecule has 0 aromatic heterocycles. The van der Waals surface area contributed by atoms with E-state index in [1.165, 1.54) is 0 Å². The van der Waals surface area contributed by atoms with Crippen molar-refractivity contribution < 1.29 is 48.3 Å². The van der Waals surface area contributed by atoms with E-state index in [1.54, 1.807) is 0 Å². The van der Waals surface area contributed by atoms with E-state index in [0.29, 0.717) is 0 Å². The van der Waals surface area contributed by atoms with Gasteiger partial charge in [0.25, 0.3) is 0 Å². The fraction of sp³-hybridized carbons (Fsp3) is 0.200. The minimum atomic E-state index is -6.49. The number of alkyl halides is 4. The van der Waals surface area contributed by atoms with Gasteiger partial charge in [0.05, 0.1) is 0 Å². The van der Waals surface area contributed by atoms with E-state index in [1.807, 2.05) is 0 Å². The highest BCUT2D eigenvalue weighted by molar-refractivity contribution is 5.52. The van der Waals surface area contributed by atoms with Gasteiger partial charge in [-0.1, -0.05) is 0 Å². The molecule has 2 heterocycles. The second-order valence-corrected chi connectivity index (χ2v) is 3.98. The van der Waals surface area contributed by atoms with Gasteiger partial charge in [0.1, 0.15) is 5.70 Å². The van der Waals surface area contributed by atoms with E-state index in [2.05, 4.69) is 0 Å². The Morgan fingerprint density at radius 1 is 0.682 bits per heavy atom. The Kier molecular flexibility index (Phi) is 3.34. The quantitative estimate of drug-likeness (QED) is 0.435. The summed E-state index contributed by atoms with van der Waals surface area (Å²) in [6.07, 6.45) is -6.49. The summed E-state index contributed by atoms with van der Waals surface area (Å²) in [6.45, 7) is 0. The van der Waals surface area contributed by atoms with Crippen LogP contribution in [0.1, 0.15) is 0 Å². The van der Waals surface area contributed by atoms with E-state index in [4.69, 9.17) is 0 Å². The number of hydrogen-bond donors (Lipinski definition) is 0. The molecule has 1 nitrogen and oxygen atoms in total. The highest BCUT2D eigenvalue weighted by Crippen LogP contribution is 2.56. The molecule has 0 saturated carbocycles. The maximum absolute atomic E-state index is 13.9. The molecule has 122 valence electrons. The third-order valence-corrected chi connectivity index (χ3v) is 2.76. The molecule has 2 rings (SSSR count). The van der Waals surface area contributed by atoms with Crippen LogP contribution >= 0.6 is 0 Å². The van der Waals surface area contributed by atoms with Crippen molar-refractivity contribution in [2.24, 2.45) is 0 Å². The van der Waals surface area contributed by atoms with Crippen LogP contribution in [-0.4, -0.2) is 16.9 Å². The van der Waals surface area contributed by atoms with Crippen LogP contribution in [0.4, 0.5) is 48.3 Å². The Balaban J connectivity index is 2.93. The second kappa shape index (κ2) is 4.49. The average Bonchev–Trinajstić information content (AvgIpc) is 2.43. The molecule has 0 radical (unpaired) electrons. The summed E-state index contributed by atoms with van der Waals surface area (Å²) >= 11 is 0. The van der Waals surface area contributed by atoms with Gasteiger partial charge in [-0.15, -0.1) is 0 Å². The normalized spacial score (nSPS) is 27.1. The minimum Gasteiger partial charge on any atom is -0.262 e. The van der Waals surface area contributed by atoms with Gasteiger partial charge in [-0.25, -0.2) is 26.3 Å². The van der Waals surface area contributed by atoms with Crippen molar-refractivity contribution in [3.63, 3.8) is 0 Å². The van der Waals surface area contributed by atoms with Crippen molar-refractivity contribution in [2.45, 2.75) is 12.0 Å². The lowest BCUT2D eigenvalue weighted by Crippen LogP contribution is -2.57. The van der Waals surface area contributed by atoms with Crippen LogP contribution in [0.25, 0.3) is 0 Å². The van der Waals surface area contributed by atoms with Gasteiger partial charge in [0, 0.05) is 0 Å². The molecule has 0 aromatic rings. The number of hydrogen-bond acceptors (Lipinski definition) is 1. The predicted octanol–water partition coefficient (Wildman–Crippen LogP) is 5.13. The smallest absolute Gasteiger partial charge is 0.262 e. The van der Waals surface area contributed by atoms with Gasteiger partial charge in [-0.2, -0.15) is 22.0 Å². The number of halogens is 11. The Hall–Kier alpha value is -2.01. The zero-order valence-corrected chi connectivity index (χ0v) is 9.60. The average molecular weight is 343 g/mol. The lowest BCUT2D eigenvalue weighted by Gasteiger charge is -2.41. The number of nitrogens with zero attached hydrogens (tertiary/aromatic N) is 1. The van der Waals surface area contributed by atoms with E-state index < -0.39 is 63.5 Å². The van der Waals surface area contributed by atoms with Crippen molar-refractivity contribution in [2.75, 3.05) is 0 Å². The van der Waals surface area contributed by atoms with Crippen molar-refractivity contribution in [1.82, 2.24) is 4.90 Å². The van der Waals surface area contributed by atoms with Crippen LogP contribution < -0.4 is 0 Å². The number of fused-ring (bicyclic) bond motifs is 1. The molecule has 2 aliphatic heterocycles. The minimum absolute atomic E-state index is 1.81. The van der Waals surface area contributed by atoms with Gasteiger partial charge in [0.15, 0.2) is 17.5 Å². The topological polar surface area (TPSA) is 3.24 Å². The van der Waals surface area contributed by atoms with Crippen LogP contribution in [0.3, 0.4) is 0 Å². The first-order valence-corrected chi connectivity index (χ1v) is 5.00. The lowest BCUT2D eigenvalue weighted by atomic mass is 10.0. The highest BCUT2D eigenvalue weighted by Gasteiger charge is 2.70. The first-order valence-electron chi connectivity index (χ1n) is 5.00. The summed E-state index contributed by atoms with van der Waals surface area (Å²) in [5.74, 6) is -27.2. The van der Waals surface area contributed by atoms with Crippen LogP contribution in [0.15, 0.2) is 46.6 Å². The molecule has 0 spiro atoms. The van der Waals surface area contributed by atoms with Gasteiger partial charge < -0.3 is 0 Å². The SMILES string of the molecule is FC1=C(F)C2=C(F)C(F)=C(F)C(F)(C(F)(F)F)N2C(F)=C1F. The molecule has 2 aliphatic rings. The fourth-order valence-electron chi connectivity index (χ4n) is 1.76. The van der Waals surface area contributed by atoms with E-state index in [0.717, 1.165) is 0 Å². The van der Waals surface area contributed by atoms with Gasteiger partial charge >= 0.3 is 12.0 Å². The molecule has 0 bridgehead atoms. The lowest BCUT2D eigenvalue weighted by molar-refractivity contribution is -0.266. The van der Waals surface area contributed by atoms with Crippen LogP contribution in [0.2, 0.25) is 0 Å². The first kappa shape index (κ1) is 16.4. The van der Waals surface area contributed by atoms with Crippen LogP contribution in [0.5, 0.6) is 0 Å². The van der Waals surface area contributed by atoms with Crippen molar-refractivity contribution in [3.05, 3.63) is 46.6 Å². The monoisotopic (exact) mass is 343 g/mol. The van der Waals surface area contributed by atoms with E-state index in [-0.39, 0.29) is 0 Å². The molecule has 1 atom stereocenters. The Morgan fingerprint density at radius 3 is 1.64 bits per heavy atom. The number of rotatable bonds is 0. The van der Waals surface area contributed by atoms with Crippen LogP contribution in [-0.2, 0) is 0 Å². The van der Waals surface area contributed by atoms with E-state index in [9.17, 15) is 48.3 Å². The first-order chi connectivity index (χ1) is 9.87. The highest BCUT2D eigenvalue weighted by atomic mass is 19.4. The van der Waals surface area contributed by atoms with Gasteiger partial charge in [-0.05, 0) is 0 Å². The summed E-state index contributed by atoms with van der Waals surface area (Å²) in [6, 6.07) is 0. The van der Waals surface area contributed by atoms with Gasteiger partial charge in [-0.3, -0.25) is 4.90 Å². The molecule has 12 heteroatoms. The molecular formula is C10F11N. The predicted molar refractivity (Wildman–Crippen MR) is 47.6 cm³/mol. The Morgan fingerprint density at radius 2 is 1.18 bits per heavy atom.